The molecule has 0 aliphatic heterocycles. The van der Waals surface area contributed by atoms with Crippen LogP contribution in [0.3, 0.4) is 0 Å². The first-order valence-corrected chi connectivity index (χ1v) is 8.96. The van der Waals surface area contributed by atoms with E-state index in [1.165, 1.54) is 6.33 Å². The van der Waals surface area contributed by atoms with E-state index in [1.807, 2.05) is 48.5 Å². The molecule has 7 nitrogen and oxygen atoms in total. The van der Waals surface area contributed by atoms with Crippen molar-refractivity contribution in [3.05, 3.63) is 60.4 Å². The Hall–Kier alpha value is -3.18. The van der Waals surface area contributed by atoms with E-state index in [0.29, 0.717) is 12.2 Å². The van der Waals surface area contributed by atoms with E-state index in [4.69, 9.17) is 5.26 Å². The van der Waals surface area contributed by atoms with Crippen molar-refractivity contribution in [3.8, 4) is 11.8 Å². The number of para-hydroxylation sites is 1. The Labute approximate surface area is 155 Å². The number of hydrogen-bond donors (Lipinski definition) is 1. The number of tetrazole rings is 1. The summed E-state index contributed by atoms with van der Waals surface area (Å²) in [6, 6.07) is 17.2. The second kappa shape index (κ2) is 8.78. The van der Waals surface area contributed by atoms with Crippen LogP contribution < -0.4 is 5.32 Å². The number of aromatic nitrogens is 4. The summed E-state index contributed by atoms with van der Waals surface area (Å²) in [5.74, 6) is 0.607. The molecule has 8 heteroatoms. The average Bonchev–Trinajstić information content (AvgIpc) is 3.19. The second-order valence-electron chi connectivity index (χ2n) is 5.40. The van der Waals surface area contributed by atoms with Crippen molar-refractivity contribution in [2.45, 2.75) is 17.7 Å². The molecule has 2 aromatic carbocycles. The molecular formula is C18H16N6OS. The van der Waals surface area contributed by atoms with Gasteiger partial charge in [-0.3, -0.25) is 4.79 Å². The Morgan fingerprint density at radius 1 is 1.19 bits per heavy atom. The number of benzene rings is 2. The molecule has 1 heterocycles. The highest BCUT2D eigenvalue weighted by Gasteiger charge is 2.08. The van der Waals surface area contributed by atoms with Gasteiger partial charge < -0.3 is 5.32 Å². The van der Waals surface area contributed by atoms with E-state index in [-0.39, 0.29) is 12.3 Å². The fourth-order valence-electron chi connectivity index (χ4n) is 2.33. The number of carbonyl (C=O) groups is 1. The summed E-state index contributed by atoms with van der Waals surface area (Å²) >= 11 is 1.56. The lowest BCUT2D eigenvalue weighted by Gasteiger charge is -2.10. The molecule has 0 bridgehead atoms. The van der Waals surface area contributed by atoms with E-state index in [9.17, 15) is 4.79 Å². The van der Waals surface area contributed by atoms with Gasteiger partial charge in [-0.2, -0.15) is 5.26 Å². The first-order valence-electron chi connectivity index (χ1n) is 7.97. The molecule has 0 aliphatic carbocycles. The van der Waals surface area contributed by atoms with Crippen LogP contribution in [0.15, 0.2) is 59.8 Å². The zero-order valence-corrected chi connectivity index (χ0v) is 14.7. The standard InChI is InChI=1S/C18H16N6OS/c19-10-3-11-26-17-5-2-1-4-16(17)21-18(25)12-14-6-8-15(9-7-14)24-13-20-22-23-24/h1-2,4-9,13H,3,11-12H2,(H,21,25). The Kier molecular flexibility index (Phi) is 5.96. The summed E-state index contributed by atoms with van der Waals surface area (Å²) in [4.78, 5) is 13.3. The van der Waals surface area contributed by atoms with Crippen molar-refractivity contribution in [1.82, 2.24) is 20.2 Å². The van der Waals surface area contributed by atoms with Gasteiger partial charge in [-0.25, -0.2) is 4.68 Å². The molecule has 1 aromatic heterocycles. The molecule has 0 spiro atoms. The monoisotopic (exact) mass is 364 g/mol. The highest BCUT2D eigenvalue weighted by atomic mass is 32.2. The van der Waals surface area contributed by atoms with Crippen LogP contribution in [0, 0.1) is 11.3 Å². The zero-order valence-electron chi connectivity index (χ0n) is 13.9. The lowest BCUT2D eigenvalue weighted by molar-refractivity contribution is -0.115. The molecular weight excluding hydrogens is 348 g/mol. The summed E-state index contributed by atoms with van der Waals surface area (Å²) in [5.41, 5.74) is 2.50. The fourth-order valence-corrected chi connectivity index (χ4v) is 3.19. The normalized spacial score (nSPS) is 10.3. The third kappa shape index (κ3) is 4.68. The highest BCUT2D eigenvalue weighted by molar-refractivity contribution is 7.99. The Morgan fingerprint density at radius 3 is 2.73 bits per heavy atom. The number of nitriles is 1. The van der Waals surface area contributed by atoms with Crippen LogP contribution in [0.25, 0.3) is 5.69 Å². The molecule has 1 N–H and O–H groups in total. The molecule has 3 aromatic rings. The smallest absolute Gasteiger partial charge is 0.228 e. The van der Waals surface area contributed by atoms with Gasteiger partial charge >= 0.3 is 0 Å². The quantitative estimate of drug-likeness (QED) is 0.511. The molecule has 0 unspecified atom stereocenters. The summed E-state index contributed by atoms with van der Waals surface area (Å²) in [7, 11) is 0. The third-order valence-corrected chi connectivity index (χ3v) is 4.62. The predicted molar refractivity (Wildman–Crippen MR) is 98.9 cm³/mol. The minimum atomic E-state index is -0.0893. The number of amides is 1. The number of anilines is 1. The van der Waals surface area contributed by atoms with Crippen LogP contribution in [0.2, 0.25) is 0 Å². The van der Waals surface area contributed by atoms with Crippen molar-refractivity contribution < 1.29 is 4.79 Å². The molecule has 0 saturated heterocycles. The maximum absolute atomic E-state index is 12.4. The van der Waals surface area contributed by atoms with Crippen molar-refractivity contribution >= 4 is 23.4 Å². The van der Waals surface area contributed by atoms with Crippen LogP contribution in [-0.4, -0.2) is 31.9 Å². The molecule has 26 heavy (non-hydrogen) atoms. The lowest BCUT2D eigenvalue weighted by atomic mass is 10.1. The van der Waals surface area contributed by atoms with Gasteiger partial charge in [0.05, 0.1) is 23.9 Å². The molecule has 1 amide bonds. The number of nitrogens with zero attached hydrogens (tertiary/aromatic N) is 5. The molecule has 0 aliphatic rings. The third-order valence-electron chi connectivity index (χ3n) is 3.55. The number of nitrogens with one attached hydrogen (secondary N) is 1. The Balaban J connectivity index is 1.61. The van der Waals surface area contributed by atoms with E-state index in [2.05, 4.69) is 26.9 Å². The zero-order chi connectivity index (χ0) is 18.2. The van der Waals surface area contributed by atoms with Gasteiger partial charge in [-0.1, -0.05) is 24.3 Å². The first kappa shape index (κ1) is 17.6. The van der Waals surface area contributed by atoms with Crippen molar-refractivity contribution in [3.63, 3.8) is 0 Å². The van der Waals surface area contributed by atoms with E-state index in [1.54, 1.807) is 16.4 Å². The molecule has 0 atom stereocenters. The predicted octanol–water partition coefficient (Wildman–Crippen LogP) is 2.85. The molecule has 0 saturated carbocycles. The van der Waals surface area contributed by atoms with E-state index < -0.39 is 0 Å². The van der Waals surface area contributed by atoms with Crippen molar-refractivity contribution in [2.24, 2.45) is 0 Å². The van der Waals surface area contributed by atoms with E-state index >= 15 is 0 Å². The van der Waals surface area contributed by atoms with Crippen molar-refractivity contribution in [1.29, 1.82) is 5.26 Å². The van der Waals surface area contributed by atoms with Gasteiger partial charge in [0.15, 0.2) is 0 Å². The van der Waals surface area contributed by atoms with Crippen LogP contribution in [0.1, 0.15) is 12.0 Å². The highest BCUT2D eigenvalue weighted by Crippen LogP contribution is 2.27. The molecule has 3 rings (SSSR count). The van der Waals surface area contributed by atoms with Crippen LogP contribution in [0.4, 0.5) is 5.69 Å². The first-order chi connectivity index (χ1) is 12.8. The van der Waals surface area contributed by atoms with Gasteiger partial charge in [-0.05, 0) is 40.3 Å². The summed E-state index contributed by atoms with van der Waals surface area (Å²) in [6.07, 6.45) is 2.26. The maximum Gasteiger partial charge on any atom is 0.228 e. The number of hydrogen-bond acceptors (Lipinski definition) is 6. The number of thioether (sulfide) groups is 1. The Morgan fingerprint density at radius 2 is 2.00 bits per heavy atom. The van der Waals surface area contributed by atoms with Crippen molar-refractivity contribution in [2.75, 3.05) is 11.1 Å². The number of rotatable bonds is 7. The summed E-state index contributed by atoms with van der Waals surface area (Å²) in [5, 5.41) is 22.6. The molecule has 130 valence electrons. The minimum Gasteiger partial charge on any atom is -0.325 e. The lowest BCUT2D eigenvalue weighted by Crippen LogP contribution is -2.15. The minimum absolute atomic E-state index is 0.0893. The van der Waals surface area contributed by atoms with Gasteiger partial charge in [0.25, 0.3) is 0 Å². The van der Waals surface area contributed by atoms with Gasteiger partial charge in [-0.15, -0.1) is 16.9 Å². The average molecular weight is 364 g/mol. The van der Waals surface area contributed by atoms with Gasteiger partial charge in [0.2, 0.25) is 5.91 Å². The maximum atomic E-state index is 12.4. The Bertz CT molecular complexity index is 902. The van der Waals surface area contributed by atoms with Gasteiger partial charge in [0.1, 0.15) is 6.33 Å². The largest absolute Gasteiger partial charge is 0.325 e. The molecule has 0 fully saturated rings. The van der Waals surface area contributed by atoms with Gasteiger partial charge in [0, 0.05) is 17.1 Å². The summed E-state index contributed by atoms with van der Waals surface area (Å²) < 4.78 is 1.55. The van der Waals surface area contributed by atoms with Crippen LogP contribution >= 0.6 is 11.8 Å². The van der Waals surface area contributed by atoms with E-state index in [0.717, 1.165) is 21.8 Å². The van der Waals surface area contributed by atoms with Crippen LogP contribution in [-0.2, 0) is 11.2 Å². The molecule has 0 radical (unpaired) electrons. The SMILES string of the molecule is N#CCCSc1ccccc1NC(=O)Cc1ccc(-n2cnnn2)cc1. The second-order valence-corrected chi connectivity index (χ2v) is 6.54. The van der Waals surface area contributed by atoms with Crippen LogP contribution in [0.5, 0.6) is 0 Å². The fraction of sp³-hybridized carbons (Fsp3) is 0.167. The topological polar surface area (TPSA) is 96.5 Å². The summed E-state index contributed by atoms with van der Waals surface area (Å²) in [6.45, 7) is 0. The number of carbonyl (C=O) groups excluding carboxylic acids is 1.